The molecule has 7 heteroatoms. The van der Waals surface area contributed by atoms with E-state index < -0.39 is 10.0 Å². The van der Waals surface area contributed by atoms with Gasteiger partial charge in [-0.2, -0.15) is 0 Å². The highest BCUT2D eigenvalue weighted by Crippen LogP contribution is 2.30. The second-order valence-electron chi connectivity index (χ2n) is 7.76. The summed E-state index contributed by atoms with van der Waals surface area (Å²) in [7, 11) is -3.63. The van der Waals surface area contributed by atoms with Crippen LogP contribution in [0.5, 0.6) is 0 Å². The third-order valence-electron chi connectivity index (χ3n) is 5.80. The molecule has 4 rings (SSSR count). The van der Waals surface area contributed by atoms with E-state index in [1.807, 2.05) is 18.2 Å². The van der Waals surface area contributed by atoms with Crippen molar-refractivity contribution in [2.75, 3.05) is 23.3 Å². The van der Waals surface area contributed by atoms with Crippen molar-refractivity contribution in [3.63, 3.8) is 0 Å². The van der Waals surface area contributed by atoms with Gasteiger partial charge in [-0.3, -0.25) is 4.79 Å². The molecule has 1 saturated carbocycles. The van der Waals surface area contributed by atoms with Gasteiger partial charge in [0.2, 0.25) is 10.0 Å². The van der Waals surface area contributed by atoms with Crippen LogP contribution in [0.4, 0.5) is 11.4 Å². The molecule has 0 spiro atoms. The van der Waals surface area contributed by atoms with E-state index in [2.05, 4.69) is 21.9 Å². The van der Waals surface area contributed by atoms with Crippen LogP contribution in [0.1, 0.15) is 48.5 Å². The van der Waals surface area contributed by atoms with Gasteiger partial charge in [0.1, 0.15) is 0 Å². The van der Waals surface area contributed by atoms with Crippen LogP contribution in [0.15, 0.2) is 47.4 Å². The maximum Gasteiger partial charge on any atom is 0.255 e. The number of likely N-dealkylation sites (N-methyl/N-ethyl adjacent to an activating group) is 1. The molecule has 0 aromatic heterocycles. The lowest BCUT2D eigenvalue weighted by Crippen LogP contribution is -2.32. The Kier molecular flexibility index (Phi) is 5.61. The number of benzene rings is 2. The van der Waals surface area contributed by atoms with E-state index in [4.69, 9.17) is 0 Å². The Morgan fingerprint density at radius 3 is 2.69 bits per heavy atom. The summed E-state index contributed by atoms with van der Waals surface area (Å²) in [6.45, 7) is 4.04. The lowest BCUT2D eigenvalue weighted by Gasteiger charge is -2.17. The van der Waals surface area contributed by atoms with Crippen LogP contribution < -0.4 is 14.9 Å². The molecule has 2 aromatic rings. The number of carbonyl (C=O) groups excluding carboxylic acids is 1. The highest BCUT2D eigenvalue weighted by molar-refractivity contribution is 7.89. The number of anilines is 2. The number of nitrogens with one attached hydrogen (secondary N) is 2. The van der Waals surface area contributed by atoms with Crippen molar-refractivity contribution in [1.82, 2.24) is 4.72 Å². The zero-order chi connectivity index (χ0) is 20.4. The number of sulfonamides is 1. The first-order valence-corrected chi connectivity index (χ1v) is 11.8. The first-order chi connectivity index (χ1) is 14.0. The molecule has 6 nitrogen and oxygen atoms in total. The first kappa shape index (κ1) is 19.9. The van der Waals surface area contributed by atoms with Crippen molar-refractivity contribution < 1.29 is 13.2 Å². The fourth-order valence-corrected chi connectivity index (χ4v) is 5.54. The minimum absolute atomic E-state index is 0.00888. The topological polar surface area (TPSA) is 78.5 Å². The predicted molar refractivity (Wildman–Crippen MR) is 115 cm³/mol. The van der Waals surface area contributed by atoms with Gasteiger partial charge in [0.25, 0.3) is 5.91 Å². The van der Waals surface area contributed by atoms with Gasteiger partial charge in [-0.1, -0.05) is 25.0 Å². The SMILES string of the molecule is CCN1CCc2ccc(NC(=O)c3cccc(S(=O)(=O)NC4CCCC4)c3)cc21. The number of nitrogens with zero attached hydrogens (tertiary/aromatic N) is 1. The summed E-state index contributed by atoms with van der Waals surface area (Å²) in [5, 5.41) is 2.90. The first-order valence-electron chi connectivity index (χ1n) is 10.3. The van der Waals surface area contributed by atoms with E-state index in [1.54, 1.807) is 12.1 Å². The molecule has 1 amide bonds. The van der Waals surface area contributed by atoms with E-state index in [0.717, 1.165) is 50.9 Å². The molecule has 1 fully saturated rings. The molecular weight excluding hydrogens is 386 g/mol. The lowest BCUT2D eigenvalue weighted by molar-refractivity contribution is 0.102. The molecule has 2 aliphatic rings. The summed E-state index contributed by atoms with van der Waals surface area (Å²) < 4.78 is 28.1. The second-order valence-corrected chi connectivity index (χ2v) is 9.47. The van der Waals surface area contributed by atoms with Gasteiger partial charge in [0, 0.05) is 36.1 Å². The Bertz CT molecular complexity index is 1010. The van der Waals surface area contributed by atoms with Gasteiger partial charge >= 0.3 is 0 Å². The molecule has 0 saturated heterocycles. The van der Waals surface area contributed by atoms with Crippen molar-refractivity contribution in [3.8, 4) is 0 Å². The van der Waals surface area contributed by atoms with Gasteiger partial charge in [-0.15, -0.1) is 0 Å². The highest BCUT2D eigenvalue weighted by atomic mass is 32.2. The Balaban J connectivity index is 1.50. The summed E-state index contributed by atoms with van der Waals surface area (Å²) >= 11 is 0. The number of hydrogen-bond donors (Lipinski definition) is 2. The van der Waals surface area contributed by atoms with E-state index in [1.165, 1.54) is 17.7 Å². The van der Waals surface area contributed by atoms with Crippen LogP contribution in [0.25, 0.3) is 0 Å². The Labute approximate surface area is 172 Å². The van der Waals surface area contributed by atoms with Gasteiger partial charge in [0.15, 0.2) is 0 Å². The molecule has 1 aliphatic heterocycles. The molecule has 0 radical (unpaired) electrons. The van der Waals surface area contributed by atoms with Gasteiger partial charge in [-0.25, -0.2) is 13.1 Å². The minimum Gasteiger partial charge on any atom is -0.371 e. The maximum absolute atomic E-state index is 12.7. The average molecular weight is 414 g/mol. The van der Waals surface area contributed by atoms with Crippen LogP contribution in [-0.2, 0) is 16.4 Å². The maximum atomic E-state index is 12.7. The van der Waals surface area contributed by atoms with Gasteiger partial charge in [0.05, 0.1) is 4.90 Å². The average Bonchev–Trinajstić information content (AvgIpc) is 3.37. The largest absolute Gasteiger partial charge is 0.371 e. The summed E-state index contributed by atoms with van der Waals surface area (Å²) in [6.07, 6.45) is 4.85. The monoisotopic (exact) mass is 413 g/mol. The summed E-state index contributed by atoms with van der Waals surface area (Å²) in [4.78, 5) is 15.2. The van der Waals surface area contributed by atoms with Crippen molar-refractivity contribution in [2.45, 2.75) is 50.0 Å². The van der Waals surface area contributed by atoms with Crippen molar-refractivity contribution in [3.05, 3.63) is 53.6 Å². The standard InChI is InChI=1S/C22H27N3O3S/c1-2-25-13-12-16-10-11-19(15-21(16)25)23-22(26)17-6-5-9-20(14-17)29(27,28)24-18-7-3-4-8-18/h5-6,9-11,14-15,18,24H,2-4,7-8,12-13H2,1H3,(H,23,26). The lowest BCUT2D eigenvalue weighted by atomic mass is 10.1. The van der Waals surface area contributed by atoms with Crippen molar-refractivity contribution >= 4 is 27.3 Å². The van der Waals surface area contributed by atoms with Crippen LogP contribution in [-0.4, -0.2) is 33.5 Å². The van der Waals surface area contributed by atoms with Gasteiger partial charge < -0.3 is 10.2 Å². The molecule has 2 N–H and O–H groups in total. The van der Waals surface area contributed by atoms with E-state index in [-0.39, 0.29) is 16.8 Å². The molecule has 29 heavy (non-hydrogen) atoms. The van der Waals surface area contributed by atoms with Crippen molar-refractivity contribution in [2.24, 2.45) is 0 Å². The number of rotatable bonds is 6. The number of amides is 1. The minimum atomic E-state index is -3.63. The molecule has 0 bridgehead atoms. The predicted octanol–water partition coefficient (Wildman–Crippen LogP) is 3.54. The van der Waals surface area contributed by atoms with Crippen molar-refractivity contribution in [1.29, 1.82) is 0 Å². The Morgan fingerprint density at radius 1 is 1.14 bits per heavy atom. The molecule has 1 aliphatic carbocycles. The van der Waals surface area contributed by atoms with E-state index in [9.17, 15) is 13.2 Å². The zero-order valence-electron chi connectivity index (χ0n) is 16.6. The second kappa shape index (κ2) is 8.16. The van der Waals surface area contributed by atoms with Crippen LogP contribution in [0.2, 0.25) is 0 Å². The molecule has 2 aromatic carbocycles. The number of fused-ring (bicyclic) bond motifs is 1. The third kappa shape index (κ3) is 4.31. The summed E-state index contributed by atoms with van der Waals surface area (Å²) in [6, 6.07) is 12.2. The fraction of sp³-hybridized carbons (Fsp3) is 0.409. The van der Waals surface area contributed by atoms with Crippen LogP contribution in [0, 0.1) is 0 Å². The summed E-state index contributed by atoms with van der Waals surface area (Å²) in [5.74, 6) is -0.316. The zero-order valence-corrected chi connectivity index (χ0v) is 17.5. The van der Waals surface area contributed by atoms with Crippen LogP contribution in [0.3, 0.4) is 0 Å². The molecular formula is C22H27N3O3S. The van der Waals surface area contributed by atoms with E-state index >= 15 is 0 Å². The molecule has 1 heterocycles. The number of carbonyl (C=O) groups is 1. The fourth-order valence-electron chi connectivity index (χ4n) is 4.19. The smallest absolute Gasteiger partial charge is 0.255 e. The third-order valence-corrected chi connectivity index (χ3v) is 7.32. The summed E-state index contributed by atoms with van der Waals surface area (Å²) in [5.41, 5.74) is 3.48. The van der Waals surface area contributed by atoms with E-state index in [0.29, 0.717) is 11.3 Å². The molecule has 154 valence electrons. The normalized spacial score (nSPS) is 16.8. The van der Waals surface area contributed by atoms with Gasteiger partial charge in [-0.05, 0) is 62.1 Å². The number of hydrogen-bond acceptors (Lipinski definition) is 4. The molecule has 0 atom stereocenters. The quantitative estimate of drug-likeness (QED) is 0.759. The Hall–Kier alpha value is -2.38. The molecule has 0 unspecified atom stereocenters. The van der Waals surface area contributed by atoms with Crippen LogP contribution >= 0.6 is 0 Å². The highest BCUT2D eigenvalue weighted by Gasteiger charge is 2.24. The Morgan fingerprint density at radius 2 is 1.93 bits per heavy atom.